The van der Waals surface area contributed by atoms with Crippen molar-refractivity contribution in [3.05, 3.63) is 35.9 Å². The standard InChI is InChI=1S/C9H8N2O2/c10-7-8(11-13-9(7)12)6-4-2-1-3-5-6/h1-5,7H,10H2. The zero-order chi connectivity index (χ0) is 9.26. The SMILES string of the molecule is NC1C(=O)ON=C1c1ccccc1. The summed E-state index contributed by atoms with van der Waals surface area (Å²) < 4.78 is 0. The Morgan fingerprint density at radius 2 is 2.00 bits per heavy atom. The second-order valence-corrected chi connectivity index (χ2v) is 2.73. The van der Waals surface area contributed by atoms with Crippen LogP contribution in [0.3, 0.4) is 0 Å². The minimum atomic E-state index is -0.748. The molecule has 2 N–H and O–H groups in total. The van der Waals surface area contributed by atoms with Crippen molar-refractivity contribution in [2.45, 2.75) is 6.04 Å². The number of nitrogens with two attached hydrogens (primary N) is 1. The maximum atomic E-state index is 10.9. The minimum absolute atomic E-state index is 0.491. The van der Waals surface area contributed by atoms with E-state index in [0.717, 1.165) is 5.56 Å². The van der Waals surface area contributed by atoms with Gasteiger partial charge in [0.1, 0.15) is 5.71 Å². The Morgan fingerprint density at radius 1 is 1.31 bits per heavy atom. The van der Waals surface area contributed by atoms with Gasteiger partial charge in [-0.15, -0.1) is 0 Å². The number of carbonyl (C=O) groups excluding carboxylic acids is 1. The molecule has 4 heteroatoms. The summed E-state index contributed by atoms with van der Waals surface area (Å²) in [5.74, 6) is -0.501. The highest BCUT2D eigenvalue weighted by Crippen LogP contribution is 2.10. The molecule has 0 aromatic heterocycles. The number of nitrogens with zero attached hydrogens (tertiary/aromatic N) is 1. The first-order valence-electron chi connectivity index (χ1n) is 3.89. The molecule has 1 aliphatic rings. The summed E-state index contributed by atoms with van der Waals surface area (Å²) in [6.45, 7) is 0. The first kappa shape index (κ1) is 7.94. The maximum absolute atomic E-state index is 10.9. The summed E-state index contributed by atoms with van der Waals surface area (Å²) in [5.41, 5.74) is 6.86. The van der Waals surface area contributed by atoms with E-state index in [-0.39, 0.29) is 0 Å². The molecule has 0 spiro atoms. The molecule has 0 fully saturated rings. The zero-order valence-electron chi connectivity index (χ0n) is 6.81. The fraction of sp³-hybridized carbons (Fsp3) is 0.111. The normalized spacial score (nSPS) is 21.2. The summed E-state index contributed by atoms with van der Waals surface area (Å²) in [5, 5.41) is 3.61. The number of benzene rings is 1. The molecule has 0 radical (unpaired) electrons. The van der Waals surface area contributed by atoms with Crippen LogP contribution in [0.1, 0.15) is 5.56 Å². The lowest BCUT2D eigenvalue weighted by molar-refractivity contribution is -0.141. The van der Waals surface area contributed by atoms with E-state index in [1.54, 1.807) is 0 Å². The molecular formula is C9H8N2O2. The van der Waals surface area contributed by atoms with E-state index in [1.807, 2.05) is 30.3 Å². The molecule has 1 aromatic rings. The van der Waals surface area contributed by atoms with Crippen molar-refractivity contribution in [1.82, 2.24) is 0 Å². The highest BCUT2D eigenvalue weighted by molar-refractivity contribution is 6.17. The van der Waals surface area contributed by atoms with Gasteiger partial charge in [-0.05, 0) is 0 Å². The topological polar surface area (TPSA) is 64.7 Å². The van der Waals surface area contributed by atoms with Crippen LogP contribution >= 0.6 is 0 Å². The van der Waals surface area contributed by atoms with Gasteiger partial charge in [0.2, 0.25) is 0 Å². The largest absolute Gasteiger partial charge is 0.357 e. The number of rotatable bonds is 1. The van der Waals surface area contributed by atoms with Gasteiger partial charge >= 0.3 is 5.97 Å². The molecule has 0 saturated heterocycles. The van der Waals surface area contributed by atoms with Crippen LogP contribution in [0.4, 0.5) is 0 Å². The van der Waals surface area contributed by atoms with Crippen molar-refractivity contribution in [2.75, 3.05) is 0 Å². The van der Waals surface area contributed by atoms with Gasteiger partial charge in [-0.25, -0.2) is 4.79 Å². The van der Waals surface area contributed by atoms with E-state index in [0.29, 0.717) is 5.71 Å². The molecule has 1 unspecified atom stereocenters. The van der Waals surface area contributed by atoms with E-state index in [2.05, 4.69) is 9.99 Å². The molecule has 13 heavy (non-hydrogen) atoms. The average molecular weight is 176 g/mol. The zero-order valence-corrected chi connectivity index (χ0v) is 6.81. The lowest BCUT2D eigenvalue weighted by atomic mass is 10.1. The number of carbonyl (C=O) groups is 1. The van der Waals surface area contributed by atoms with Crippen molar-refractivity contribution in [2.24, 2.45) is 10.9 Å². The molecule has 1 atom stereocenters. The van der Waals surface area contributed by atoms with Crippen LogP contribution in [0.15, 0.2) is 35.5 Å². The van der Waals surface area contributed by atoms with Crippen molar-refractivity contribution < 1.29 is 9.63 Å². The third-order valence-corrected chi connectivity index (χ3v) is 1.85. The molecule has 4 nitrogen and oxygen atoms in total. The van der Waals surface area contributed by atoms with E-state index in [9.17, 15) is 4.79 Å². The molecule has 66 valence electrons. The van der Waals surface area contributed by atoms with Crippen LogP contribution < -0.4 is 5.73 Å². The van der Waals surface area contributed by atoms with E-state index >= 15 is 0 Å². The maximum Gasteiger partial charge on any atom is 0.357 e. The Balaban J connectivity index is 2.34. The lowest BCUT2D eigenvalue weighted by Crippen LogP contribution is -2.34. The Morgan fingerprint density at radius 3 is 2.54 bits per heavy atom. The molecule has 1 aromatic carbocycles. The van der Waals surface area contributed by atoms with Crippen molar-refractivity contribution >= 4 is 11.7 Å². The van der Waals surface area contributed by atoms with Gasteiger partial charge in [-0.2, -0.15) is 0 Å². The van der Waals surface area contributed by atoms with Gasteiger partial charge < -0.3 is 10.6 Å². The summed E-state index contributed by atoms with van der Waals surface area (Å²) in [6, 6.07) is 8.51. The predicted octanol–water partition coefficient (Wildman–Crippen LogP) is 0.275. The summed E-state index contributed by atoms with van der Waals surface area (Å²) in [7, 11) is 0. The van der Waals surface area contributed by atoms with Gasteiger partial charge in [0.05, 0.1) is 0 Å². The molecule has 0 amide bonds. The fourth-order valence-corrected chi connectivity index (χ4v) is 1.16. The van der Waals surface area contributed by atoms with Gasteiger partial charge in [0, 0.05) is 5.56 Å². The Labute approximate surface area is 75.0 Å². The Bertz CT molecular complexity index is 359. The van der Waals surface area contributed by atoms with Gasteiger partial charge in [0.25, 0.3) is 0 Å². The smallest absolute Gasteiger partial charge is 0.316 e. The Hall–Kier alpha value is -1.68. The predicted molar refractivity (Wildman–Crippen MR) is 47.0 cm³/mol. The molecule has 1 aliphatic heterocycles. The van der Waals surface area contributed by atoms with Crippen LogP contribution in [-0.4, -0.2) is 17.7 Å². The first-order chi connectivity index (χ1) is 6.29. The first-order valence-corrected chi connectivity index (χ1v) is 3.89. The van der Waals surface area contributed by atoms with E-state index < -0.39 is 12.0 Å². The van der Waals surface area contributed by atoms with Crippen LogP contribution in [-0.2, 0) is 9.63 Å². The van der Waals surface area contributed by atoms with Gasteiger partial charge in [-0.3, -0.25) is 0 Å². The van der Waals surface area contributed by atoms with E-state index in [4.69, 9.17) is 5.73 Å². The van der Waals surface area contributed by atoms with Crippen LogP contribution in [0.2, 0.25) is 0 Å². The third kappa shape index (κ3) is 1.31. The lowest BCUT2D eigenvalue weighted by Gasteiger charge is -2.01. The molecule has 2 rings (SSSR count). The monoisotopic (exact) mass is 176 g/mol. The summed E-state index contributed by atoms with van der Waals surface area (Å²) in [4.78, 5) is 15.4. The molecule has 0 bridgehead atoms. The Kier molecular flexibility index (Phi) is 1.83. The third-order valence-electron chi connectivity index (χ3n) is 1.85. The van der Waals surface area contributed by atoms with Crippen molar-refractivity contribution in [3.8, 4) is 0 Å². The number of oxime groups is 1. The van der Waals surface area contributed by atoms with Crippen molar-refractivity contribution in [1.29, 1.82) is 0 Å². The van der Waals surface area contributed by atoms with Crippen LogP contribution in [0.5, 0.6) is 0 Å². The highest BCUT2D eigenvalue weighted by atomic mass is 16.7. The molecule has 0 aliphatic carbocycles. The minimum Gasteiger partial charge on any atom is -0.316 e. The van der Waals surface area contributed by atoms with E-state index in [1.165, 1.54) is 0 Å². The number of hydrogen-bond donors (Lipinski definition) is 1. The molecular weight excluding hydrogens is 168 g/mol. The molecule has 0 saturated carbocycles. The van der Waals surface area contributed by atoms with Crippen LogP contribution in [0, 0.1) is 0 Å². The summed E-state index contributed by atoms with van der Waals surface area (Å²) >= 11 is 0. The fourth-order valence-electron chi connectivity index (χ4n) is 1.16. The highest BCUT2D eigenvalue weighted by Gasteiger charge is 2.29. The second kappa shape index (κ2) is 2.99. The second-order valence-electron chi connectivity index (χ2n) is 2.73. The van der Waals surface area contributed by atoms with Crippen molar-refractivity contribution in [3.63, 3.8) is 0 Å². The number of hydrogen-bond acceptors (Lipinski definition) is 4. The quantitative estimate of drug-likeness (QED) is 0.625. The van der Waals surface area contributed by atoms with Crippen LogP contribution in [0.25, 0.3) is 0 Å². The van der Waals surface area contributed by atoms with Gasteiger partial charge in [0.15, 0.2) is 6.04 Å². The average Bonchev–Trinajstić information content (AvgIpc) is 2.49. The van der Waals surface area contributed by atoms with Gasteiger partial charge in [-0.1, -0.05) is 35.5 Å². The molecule has 1 heterocycles. The summed E-state index contributed by atoms with van der Waals surface area (Å²) in [6.07, 6.45) is 0.